The van der Waals surface area contributed by atoms with E-state index in [0.717, 1.165) is 6.26 Å². The first-order valence-corrected chi connectivity index (χ1v) is 8.87. The zero-order chi connectivity index (χ0) is 14.8. The molecule has 0 aliphatic heterocycles. The van der Waals surface area contributed by atoms with Crippen LogP contribution in [-0.2, 0) is 10.0 Å². The van der Waals surface area contributed by atoms with Crippen LogP contribution in [0.25, 0.3) is 0 Å². The molecule has 0 aliphatic rings. The number of anilines is 1. The van der Waals surface area contributed by atoms with Crippen LogP contribution in [0, 0.1) is 0 Å². The number of rotatable bonds is 4. The summed E-state index contributed by atoms with van der Waals surface area (Å²) in [5.74, 6) is 0. The molecule has 0 saturated carbocycles. The molecule has 106 valence electrons. The van der Waals surface area contributed by atoms with Crippen LogP contribution in [0.5, 0.6) is 0 Å². The number of nitrogens with one attached hydrogen (secondary N) is 1. The number of para-hydroxylation sites is 1. The summed E-state index contributed by atoms with van der Waals surface area (Å²) in [5.41, 5.74) is 0.476. The number of hydrogen-bond donors (Lipinski definition) is 1. The van der Waals surface area contributed by atoms with Gasteiger partial charge >= 0.3 is 0 Å². The number of benzene rings is 1. The molecule has 1 aromatic heterocycles. The van der Waals surface area contributed by atoms with E-state index >= 15 is 0 Å². The molecule has 0 bridgehead atoms. The highest BCUT2D eigenvalue weighted by atomic mass is 35.5. The number of sulfonamides is 1. The van der Waals surface area contributed by atoms with Crippen molar-refractivity contribution >= 4 is 50.7 Å². The lowest BCUT2D eigenvalue weighted by Crippen LogP contribution is -2.10. The minimum atomic E-state index is -3.35. The lowest BCUT2D eigenvalue weighted by Gasteiger charge is -2.11. The molecule has 0 saturated heterocycles. The van der Waals surface area contributed by atoms with Crippen LogP contribution < -0.4 is 4.72 Å². The Hall–Kier alpha value is -0.950. The second-order valence-electron chi connectivity index (χ2n) is 3.90. The molecular formula is C12H10Cl2N2O2S2. The number of nitrogens with zero attached hydrogens (tertiary/aromatic N) is 1. The van der Waals surface area contributed by atoms with Gasteiger partial charge in [0.05, 0.1) is 26.9 Å². The molecular weight excluding hydrogens is 339 g/mol. The number of halogens is 2. The van der Waals surface area contributed by atoms with Gasteiger partial charge in [0, 0.05) is 17.3 Å². The van der Waals surface area contributed by atoms with Gasteiger partial charge in [-0.05, 0) is 12.1 Å². The summed E-state index contributed by atoms with van der Waals surface area (Å²) in [5, 5.41) is 0.827. The average Bonchev–Trinajstić information content (AvgIpc) is 2.34. The van der Waals surface area contributed by atoms with Crippen LogP contribution in [0.1, 0.15) is 0 Å². The van der Waals surface area contributed by atoms with Gasteiger partial charge in [-0.25, -0.2) is 8.42 Å². The van der Waals surface area contributed by atoms with Gasteiger partial charge in [0.2, 0.25) is 10.0 Å². The maximum atomic E-state index is 11.4. The van der Waals surface area contributed by atoms with Gasteiger partial charge in [-0.1, -0.05) is 47.1 Å². The molecule has 0 fully saturated rings. The molecule has 0 amide bonds. The second-order valence-corrected chi connectivity index (χ2v) is 7.52. The first-order valence-electron chi connectivity index (χ1n) is 5.40. The maximum Gasteiger partial charge on any atom is 0.229 e. The number of pyridine rings is 1. The van der Waals surface area contributed by atoms with Crippen LogP contribution in [0.3, 0.4) is 0 Å². The van der Waals surface area contributed by atoms with Crippen molar-refractivity contribution in [2.45, 2.75) is 9.79 Å². The Labute approximate surface area is 131 Å². The monoisotopic (exact) mass is 348 g/mol. The van der Waals surface area contributed by atoms with Crippen molar-refractivity contribution in [2.24, 2.45) is 0 Å². The Morgan fingerprint density at radius 3 is 2.35 bits per heavy atom. The summed E-state index contributed by atoms with van der Waals surface area (Å²) in [4.78, 5) is 5.21. The van der Waals surface area contributed by atoms with Gasteiger partial charge in [-0.15, -0.1) is 0 Å². The lowest BCUT2D eigenvalue weighted by atomic mass is 10.3. The van der Waals surface area contributed by atoms with E-state index in [1.54, 1.807) is 24.3 Å². The first kappa shape index (κ1) is 15.4. The summed E-state index contributed by atoms with van der Waals surface area (Å²) in [6.45, 7) is 0. The Morgan fingerprint density at radius 2 is 1.75 bits per heavy atom. The fraction of sp³-hybridized carbons (Fsp3) is 0.0833. The molecule has 0 radical (unpaired) electrons. The molecule has 1 heterocycles. The van der Waals surface area contributed by atoms with Crippen molar-refractivity contribution in [3.8, 4) is 0 Å². The summed E-state index contributed by atoms with van der Waals surface area (Å²) >= 11 is 13.4. The first-order chi connectivity index (χ1) is 9.37. The predicted octanol–water partition coefficient (Wildman–Crippen LogP) is 3.91. The van der Waals surface area contributed by atoms with Crippen LogP contribution in [0.15, 0.2) is 46.5 Å². The number of hydrogen-bond acceptors (Lipinski definition) is 4. The van der Waals surface area contributed by atoms with Crippen molar-refractivity contribution in [3.05, 3.63) is 46.7 Å². The van der Waals surface area contributed by atoms with Crippen LogP contribution in [0.4, 0.5) is 5.69 Å². The minimum absolute atomic E-state index is 0.414. The Bertz CT molecular complexity index is 716. The summed E-state index contributed by atoms with van der Waals surface area (Å²) in [7, 11) is -3.35. The molecule has 8 heteroatoms. The zero-order valence-electron chi connectivity index (χ0n) is 10.3. The molecule has 4 nitrogen and oxygen atoms in total. The van der Waals surface area contributed by atoms with Gasteiger partial charge in [-0.2, -0.15) is 0 Å². The topological polar surface area (TPSA) is 59.1 Å². The summed E-state index contributed by atoms with van der Waals surface area (Å²) < 4.78 is 25.2. The fourth-order valence-electron chi connectivity index (χ4n) is 1.45. The van der Waals surface area contributed by atoms with Crippen molar-refractivity contribution in [3.63, 3.8) is 0 Å². The highest BCUT2D eigenvalue weighted by Gasteiger charge is 2.12. The van der Waals surface area contributed by atoms with Gasteiger partial charge in [0.25, 0.3) is 0 Å². The molecule has 20 heavy (non-hydrogen) atoms. The number of aromatic nitrogens is 1. The summed E-state index contributed by atoms with van der Waals surface area (Å²) in [6, 6.07) is 7.00. The average molecular weight is 349 g/mol. The molecule has 2 aromatic rings. The third-order valence-corrected chi connectivity index (χ3v) is 4.81. The van der Waals surface area contributed by atoms with E-state index in [1.807, 2.05) is 0 Å². The zero-order valence-corrected chi connectivity index (χ0v) is 13.4. The van der Waals surface area contributed by atoms with Gasteiger partial charge in [0.1, 0.15) is 0 Å². The van der Waals surface area contributed by atoms with Crippen LogP contribution in [-0.4, -0.2) is 19.7 Å². The fourth-order valence-corrected chi connectivity index (χ4v) is 3.58. The molecule has 0 spiro atoms. The minimum Gasteiger partial charge on any atom is -0.283 e. The quantitative estimate of drug-likeness (QED) is 0.909. The third-order valence-electron chi connectivity index (χ3n) is 2.20. The van der Waals surface area contributed by atoms with Crippen molar-refractivity contribution in [2.75, 3.05) is 11.0 Å². The van der Waals surface area contributed by atoms with E-state index in [1.165, 1.54) is 24.2 Å². The Kier molecular flexibility index (Phi) is 4.80. The van der Waals surface area contributed by atoms with Crippen LogP contribution >= 0.6 is 35.0 Å². The van der Waals surface area contributed by atoms with Crippen molar-refractivity contribution in [1.82, 2.24) is 4.98 Å². The van der Waals surface area contributed by atoms with Gasteiger partial charge in [0.15, 0.2) is 0 Å². The molecule has 1 aromatic carbocycles. The normalized spacial score (nSPS) is 11.3. The standard InChI is InChI=1S/C12H10Cl2N2O2S2/c1-20(17,18)16-10-4-2-3-5-11(10)19-12-8(13)6-15-7-9(12)14/h2-7,16H,1H3. The van der Waals surface area contributed by atoms with Crippen LogP contribution in [0.2, 0.25) is 10.0 Å². The van der Waals surface area contributed by atoms with E-state index in [2.05, 4.69) is 9.71 Å². The largest absolute Gasteiger partial charge is 0.283 e. The van der Waals surface area contributed by atoms with E-state index in [-0.39, 0.29) is 0 Å². The van der Waals surface area contributed by atoms with Gasteiger partial charge < -0.3 is 0 Å². The van der Waals surface area contributed by atoms with E-state index in [0.29, 0.717) is 25.5 Å². The molecule has 1 N–H and O–H groups in total. The van der Waals surface area contributed by atoms with E-state index in [9.17, 15) is 8.42 Å². The lowest BCUT2D eigenvalue weighted by molar-refractivity contribution is 0.606. The van der Waals surface area contributed by atoms with Gasteiger partial charge in [-0.3, -0.25) is 9.71 Å². The Morgan fingerprint density at radius 1 is 1.15 bits per heavy atom. The molecule has 0 unspecified atom stereocenters. The highest BCUT2D eigenvalue weighted by molar-refractivity contribution is 8.00. The predicted molar refractivity (Wildman–Crippen MR) is 83.3 cm³/mol. The third kappa shape index (κ3) is 4.02. The smallest absolute Gasteiger partial charge is 0.229 e. The van der Waals surface area contributed by atoms with Crippen molar-refractivity contribution < 1.29 is 8.42 Å². The second kappa shape index (κ2) is 6.22. The van der Waals surface area contributed by atoms with Crippen molar-refractivity contribution in [1.29, 1.82) is 0 Å². The molecule has 0 atom stereocenters. The highest BCUT2D eigenvalue weighted by Crippen LogP contribution is 2.40. The van der Waals surface area contributed by atoms with E-state index < -0.39 is 10.0 Å². The van der Waals surface area contributed by atoms with E-state index in [4.69, 9.17) is 23.2 Å². The molecule has 0 aliphatic carbocycles. The molecule has 2 rings (SSSR count). The SMILES string of the molecule is CS(=O)(=O)Nc1ccccc1Sc1c(Cl)cncc1Cl. The maximum absolute atomic E-state index is 11.4. The Balaban J connectivity index is 2.39. The summed E-state index contributed by atoms with van der Waals surface area (Å²) in [6.07, 6.45) is 4.07.